The van der Waals surface area contributed by atoms with Gasteiger partial charge in [-0.15, -0.1) is 0 Å². The Labute approximate surface area is 83.3 Å². The third-order valence-corrected chi connectivity index (χ3v) is 1.34. The molecular formula is C10H15NO3. The second kappa shape index (κ2) is 6.91. The van der Waals surface area contributed by atoms with E-state index >= 15 is 0 Å². The molecule has 1 aromatic carbocycles. The van der Waals surface area contributed by atoms with Crippen molar-refractivity contribution in [3.8, 4) is 0 Å². The quantitative estimate of drug-likeness (QED) is 0.516. The molecule has 0 aliphatic carbocycles. The number of ether oxygens (including phenoxy) is 1. The predicted octanol–water partition coefficient (Wildman–Crippen LogP) is 0.809. The first-order valence-corrected chi connectivity index (χ1v) is 4.14. The van der Waals surface area contributed by atoms with Crippen LogP contribution < -0.4 is 5.73 Å². The molecule has 1 atom stereocenters. The lowest BCUT2D eigenvalue weighted by atomic mass is 10.3. The van der Waals surface area contributed by atoms with E-state index in [1.165, 1.54) is 14.0 Å². The summed E-state index contributed by atoms with van der Waals surface area (Å²) in [7, 11) is 1.23. The minimum absolute atomic E-state index is 0.597. The smallest absolute Gasteiger partial charge is 0.334 e. The monoisotopic (exact) mass is 197 g/mol. The number of aliphatic hydroxyl groups excluding tert-OH is 1. The van der Waals surface area contributed by atoms with Crippen LogP contribution in [0.15, 0.2) is 30.3 Å². The molecule has 1 unspecified atom stereocenters. The summed E-state index contributed by atoms with van der Waals surface area (Å²) >= 11 is 0. The van der Waals surface area contributed by atoms with Crippen molar-refractivity contribution >= 4 is 11.7 Å². The van der Waals surface area contributed by atoms with E-state index in [9.17, 15) is 4.79 Å². The van der Waals surface area contributed by atoms with Gasteiger partial charge in [0, 0.05) is 5.69 Å². The minimum Gasteiger partial charge on any atom is -0.467 e. The van der Waals surface area contributed by atoms with Crippen LogP contribution in [0.4, 0.5) is 5.69 Å². The van der Waals surface area contributed by atoms with Crippen LogP contribution in [-0.4, -0.2) is 24.3 Å². The van der Waals surface area contributed by atoms with Gasteiger partial charge in [-0.2, -0.15) is 0 Å². The Balaban J connectivity index is 0.000000241. The highest BCUT2D eigenvalue weighted by Gasteiger charge is 2.05. The topological polar surface area (TPSA) is 72.5 Å². The zero-order valence-electron chi connectivity index (χ0n) is 8.31. The molecule has 0 saturated carbocycles. The fourth-order valence-corrected chi connectivity index (χ4v) is 0.624. The van der Waals surface area contributed by atoms with Crippen molar-refractivity contribution in [1.29, 1.82) is 0 Å². The average Bonchev–Trinajstić information content (AvgIpc) is 2.18. The summed E-state index contributed by atoms with van der Waals surface area (Å²) in [5.74, 6) is -0.597. The van der Waals surface area contributed by atoms with Gasteiger partial charge in [-0.25, -0.2) is 4.79 Å². The normalized spacial score (nSPS) is 10.8. The minimum atomic E-state index is -0.995. The highest BCUT2D eigenvalue weighted by Crippen LogP contribution is 1.95. The Morgan fingerprint density at radius 1 is 1.43 bits per heavy atom. The van der Waals surface area contributed by atoms with Crippen molar-refractivity contribution in [2.24, 2.45) is 0 Å². The third-order valence-electron chi connectivity index (χ3n) is 1.34. The number of esters is 1. The molecule has 4 nitrogen and oxygen atoms in total. The van der Waals surface area contributed by atoms with E-state index in [2.05, 4.69) is 4.74 Å². The molecule has 78 valence electrons. The number of carbonyl (C=O) groups excluding carboxylic acids is 1. The number of hydrogen-bond acceptors (Lipinski definition) is 4. The van der Waals surface area contributed by atoms with Crippen LogP contribution in [0, 0.1) is 0 Å². The standard InChI is InChI=1S/C6H7N.C4H8O3/c7-6-4-2-1-3-5-6;1-3(5)4(6)7-2/h1-5H,7H2;3,5H,1-2H3. The Bertz CT molecular complexity index is 259. The summed E-state index contributed by atoms with van der Waals surface area (Å²) in [6.45, 7) is 1.35. The van der Waals surface area contributed by atoms with Gasteiger partial charge in [0.1, 0.15) is 6.10 Å². The molecule has 3 N–H and O–H groups in total. The lowest BCUT2D eigenvalue weighted by Crippen LogP contribution is -2.16. The molecule has 1 aromatic rings. The van der Waals surface area contributed by atoms with E-state index in [1.807, 2.05) is 30.3 Å². The maximum atomic E-state index is 10.0. The largest absolute Gasteiger partial charge is 0.467 e. The van der Waals surface area contributed by atoms with Crippen LogP contribution in [0.5, 0.6) is 0 Å². The number of para-hydroxylation sites is 1. The first kappa shape index (κ1) is 12.4. The summed E-state index contributed by atoms with van der Waals surface area (Å²) < 4.78 is 4.12. The summed E-state index contributed by atoms with van der Waals surface area (Å²) in [6.07, 6.45) is -0.995. The number of benzene rings is 1. The Morgan fingerprint density at radius 2 is 1.93 bits per heavy atom. The Morgan fingerprint density at radius 3 is 2.07 bits per heavy atom. The van der Waals surface area contributed by atoms with E-state index in [4.69, 9.17) is 10.8 Å². The molecule has 1 rings (SSSR count). The van der Waals surface area contributed by atoms with Gasteiger partial charge in [-0.05, 0) is 19.1 Å². The number of rotatable bonds is 1. The lowest BCUT2D eigenvalue weighted by Gasteiger charge is -1.97. The molecule has 4 heteroatoms. The zero-order valence-corrected chi connectivity index (χ0v) is 8.31. The molecule has 0 radical (unpaired) electrons. The van der Waals surface area contributed by atoms with Gasteiger partial charge in [0.25, 0.3) is 0 Å². The van der Waals surface area contributed by atoms with Gasteiger partial charge in [-0.1, -0.05) is 18.2 Å². The fourth-order valence-electron chi connectivity index (χ4n) is 0.624. The van der Waals surface area contributed by atoms with Crippen LogP contribution in [0.2, 0.25) is 0 Å². The van der Waals surface area contributed by atoms with E-state index in [1.54, 1.807) is 0 Å². The molecule has 0 aliphatic rings. The number of hydrogen-bond donors (Lipinski definition) is 2. The van der Waals surface area contributed by atoms with Crippen molar-refractivity contribution in [3.63, 3.8) is 0 Å². The van der Waals surface area contributed by atoms with Gasteiger partial charge < -0.3 is 15.6 Å². The fraction of sp³-hybridized carbons (Fsp3) is 0.300. The molecule has 0 heterocycles. The van der Waals surface area contributed by atoms with Crippen LogP contribution in [-0.2, 0) is 9.53 Å². The van der Waals surface area contributed by atoms with Crippen molar-refractivity contribution in [3.05, 3.63) is 30.3 Å². The molecule has 0 aromatic heterocycles. The van der Waals surface area contributed by atoms with Crippen LogP contribution >= 0.6 is 0 Å². The van der Waals surface area contributed by atoms with Gasteiger partial charge in [-0.3, -0.25) is 0 Å². The Kier molecular flexibility index (Phi) is 6.15. The molecular weight excluding hydrogens is 182 g/mol. The zero-order chi connectivity index (χ0) is 11.0. The van der Waals surface area contributed by atoms with Crippen molar-refractivity contribution in [1.82, 2.24) is 0 Å². The highest BCUT2D eigenvalue weighted by molar-refractivity contribution is 5.73. The second-order valence-corrected chi connectivity index (χ2v) is 2.61. The molecule has 14 heavy (non-hydrogen) atoms. The molecule has 0 amide bonds. The van der Waals surface area contributed by atoms with Gasteiger partial charge >= 0.3 is 5.97 Å². The van der Waals surface area contributed by atoms with Gasteiger partial charge in [0.2, 0.25) is 0 Å². The summed E-state index contributed by atoms with van der Waals surface area (Å²) in [6, 6.07) is 9.49. The van der Waals surface area contributed by atoms with E-state index in [-0.39, 0.29) is 0 Å². The van der Waals surface area contributed by atoms with Crippen LogP contribution in [0.1, 0.15) is 6.92 Å². The van der Waals surface area contributed by atoms with Gasteiger partial charge in [0.05, 0.1) is 7.11 Å². The highest BCUT2D eigenvalue weighted by atomic mass is 16.5. The molecule has 0 bridgehead atoms. The number of methoxy groups -OCH3 is 1. The van der Waals surface area contributed by atoms with Crippen molar-refractivity contribution in [2.75, 3.05) is 12.8 Å². The predicted molar refractivity (Wildman–Crippen MR) is 54.6 cm³/mol. The summed E-state index contributed by atoms with van der Waals surface area (Å²) in [5, 5.41) is 8.35. The Hall–Kier alpha value is -1.55. The van der Waals surface area contributed by atoms with Crippen LogP contribution in [0.3, 0.4) is 0 Å². The van der Waals surface area contributed by atoms with Crippen molar-refractivity contribution < 1.29 is 14.6 Å². The maximum absolute atomic E-state index is 10.0. The maximum Gasteiger partial charge on any atom is 0.334 e. The first-order chi connectivity index (χ1) is 6.57. The second-order valence-electron chi connectivity index (χ2n) is 2.61. The number of anilines is 1. The van der Waals surface area contributed by atoms with Crippen LogP contribution in [0.25, 0.3) is 0 Å². The lowest BCUT2D eigenvalue weighted by molar-refractivity contribution is -0.149. The average molecular weight is 197 g/mol. The molecule has 0 fully saturated rings. The van der Waals surface area contributed by atoms with E-state index in [0.29, 0.717) is 0 Å². The van der Waals surface area contributed by atoms with Crippen molar-refractivity contribution in [2.45, 2.75) is 13.0 Å². The summed E-state index contributed by atoms with van der Waals surface area (Å²) in [4.78, 5) is 10.0. The number of nitrogen functional groups attached to an aromatic ring is 1. The molecule has 0 saturated heterocycles. The number of aliphatic hydroxyl groups is 1. The van der Waals surface area contributed by atoms with E-state index in [0.717, 1.165) is 5.69 Å². The number of carbonyl (C=O) groups is 1. The van der Waals surface area contributed by atoms with Gasteiger partial charge in [0.15, 0.2) is 0 Å². The van der Waals surface area contributed by atoms with E-state index < -0.39 is 12.1 Å². The third kappa shape index (κ3) is 6.02. The molecule has 0 aliphatic heterocycles. The number of nitrogens with two attached hydrogens (primary N) is 1. The SMILES string of the molecule is COC(=O)C(C)O.Nc1ccccc1. The first-order valence-electron chi connectivity index (χ1n) is 4.14. The summed E-state index contributed by atoms with van der Waals surface area (Å²) in [5.41, 5.74) is 6.18. The molecule has 0 spiro atoms.